The van der Waals surface area contributed by atoms with Crippen LogP contribution in [-0.4, -0.2) is 31.6 Å². The monoisotopic (exact) mass is 254 g/mol. The van der Waals surface area contributed by atoms with Crippen molar-refractivity contribution in [3.63, 3.8) is 0 Å². The Kier molecular flexibility index (Phi) is 5.74. The Hall–Kier alpha value is -1.46. The molecule has 0 spiro atoms. The van der Waals surface area contributed by atoms with Gasteiger partial charge in [0.25, 0.3) is 0 Å². The minimum Gasteiger partial charge on any atom is -0.469 e. The fraction of sp³-hybridized carbons (Fsp3) is 0.462. The number of rotatable bonds is 6. The van der Waals surface area contributed by atoms with Crippen LogP contribution in [0.25, 0.3) is 0 Å². The molecule has 0 bridgehead atoms. The van der Waals surface area contributed by atoms with E-state index in [1.807, 2.05) is 18.0 Å². The topological polar surface area (TPSA) is 55.6 Å². The first-order valence-corrected chi connectivity index (χ1v) is 5.79. The molecule has 4 nitrogen and oxygen atoms in total. The largest absolute Gasteiger partial charge is 0.469 e. The summed E-state index contributed by atoms with van der Waals surface area (Å²) in [4.78, 5) is 12.9. The Morgan fingerprint density at radius 3 is 2.78 bits per heavy atom. The van der Waals surface area contributed by atoms with Gasteiger partial charge in [0, 0.05) is 25.2 Å². The molecule has 0 aliphatic heterocycles. The van der Waals surface area contributed by atoms with Crippen molar-refractivity contribution in [1.82, 2.24) is 4.90 Å². The van der Waals surface area contributed by atoms with Gasteiger partial charge in [0.1, 0.15) is 5.82 Å². The number of nitrogens with two attached hydrogens (primary N) is 1. The van der Waals surface area contributed by atoms with Crippen LogP contribution in [0.5, 0.6) is 0 Å². The molecule has 0 saturated heterocycles. The molecule has 0 fully saturated rings. The molecule has 0 atom stereocenters. The normalized spacial score (nSPS) is 10.7. The minimum absolute atomic E-state index is 0.261. The summed E-state index contributed by atoms with van der Waals surface area (Å²) in [6.45, 7) is 1.31. The first kappa shape index (κ1) is 14.6. The second-order valence-electron chi connectivity index (χ2n) is 4.19. The number of esters is 1. The van der Waals surface area contributed by atoms with Crippen LogP contribution in [0, 0.1) is 5.82 Å². The van der Waals surface area contributed by atoms with Crippen LogP contribution < -0.4 is 5.73 Å². The lowest BCUT2D eigenvalue weighted by molar-refractivity contribution is -0.140. The van der Waals surface area contributed by atoms with Gasteiger partial charge in [-0.2, -0.15) is 0 Å². The number of halogens is 1. The lowest BCUT2D eigenvalue weighted by Crippen LogP contribution is -2.22. The van der Waals surface area contributed by atoms with Gasteiger partial charge in [-0.1, -0.05) is 12.1 Å². The van der Waals surface area contributed by atoms with Gasteiger partial charge < -0.3 is 15.4 Å². The summed E-state index contributed by atoms with van der Waals surface area (Å²) in [7, 11) is 3.19. The molecule has 18 heavy (non-hydrogen) atoms. The van der Waals surface area contributed by atoms with Crippen LogP contribution in [0.15, 0.2) is 18.2 Å². The van der Waals surface area contributed by atoms with Crippen molar-refractivity contribution >= 4 is 5.97 Å². The standard InChI is InChI=1S/C13H19FN2O2/c1-16(6-5-13(17)18-2)9-11-4-3-10(8-15)7-12(11)14/h3-4,7H,5-6,8-9,15H2,1-2H3. The van der Waals surface area contributed by atoms with Gasteiger partial charge >= 0.3 is 5.97 Å². The maximum atomic E-state index is 13.7. The lowest BCUT2D eigenvalue weighted by atomic mass is 10.1. The van der Waals surface area contributed by atoms with E-state index in [1.165, 1.54) is 13.2 Å². The summed E-state index contributed by atoms with van der Waals surface area (Å²) in [6, 6.07) is 4.99. The molecule has 0 aromatic heterocycles. The Bertz CT molecular complexity index is 410. The predicted octanol–water partition coefficient (Wildman–Crippen LogP) is 1.28. The van der Waals surface area contributed by atoms with Crippen LogP contribution in [0.4, 0.5) is 4.39 Å². The molecule has 0 amide bonds. The van der Waals surface area contributed by atoms with E-state index in [2.05, 4.69) is 4.74 Å². The Morgan fingerprint density at radius 1 is 1.50 bits per heavy atom. The summed E-state index contributed by atoms with van der Waals surface area (Å²) < 4.78 is 18.2. The maximum absolute atomic E-state index is 13.7. The molecular formula is C13H19FN2O2. The average molecular weight is 254 g/mol. The van der Waals surface area contributed by atoms with Gasteiger partial charge in [0.15, 0.2) is 0 Å². The minimum atomic E-state index is -0.263. The van der Waals surface area contributed by atoms with Crippen LogP contribution in [0.2, 0.25) is 0 Å². The van der Waals surface area contributed by atoms with Crippen LogP contribution in [-0.2, 0) is 22.6 Å². The molecule has 100 valence electrons. The SMILES string of the molecule is COC(=O)CCN(C)Cc1ccc(CN)cc1F. The van der Waals surface area contributed by atoms with Crippen molar-refractivity contribution in [2.75, 3.05) is 20.7 Å². The number of nitrogens with zero attached hydrogens (tertiary/aromatic N) is 1. The molecule has 1 aromatic rings. The van der Waals surface area contributed by atoms with E-state index in [1.54, 1.807) is 6.07 Å². The Labute approximate surface area is 107 Å². The second-order valence-corrected chi connectivity index (χ2v) is 4.19. The first-order valence-electron chi connectivity index (χ1n) is 5.79. The van der Waals surface area contributed by atoms with E-state index in [9.17, 15) is 9.18 Å². The van der Waals surface area contributed by atoms with Gasteiger partial charge in [-0.25, -0.2) is 4.39 Å². The quantitative estimate of drug-likeness (QED) is 0.777. The predicted molar refractivity (Wildman–Crippen MR) is 67.3 cm³/mol. The van der Waals surface area contributed by atoms with Crippen molar-refractivity contribution < 1.29 is 13.9 Å². The van der Waals surface area contributed by atoms with Crippen LogP contribution in [0.3, 0.4) is 0 Å². The van der Waals surface area contributed by atoms with E-state index >= 15 is 0 Å². The van der Waals surface area contributed by atoms with Gasteiger partial charge in [-0.15, -0.1) is 0 Å². The maximum Gasteiger partial charge on any atom is 0.306 e. The molecule has 0 radical (unpaired) electrons. The smallest absolute Gasteiger partial charge is 0.306 e. The Balaban J connectivity index is 2.53. The third-order valence-corrected chi connectivity index (χ3v) is 2.72. The van der Waals surface area contributed by atoms with Crippen molar-refractivity contribution in [1.29, 1.82) is 0 Å². The molecule has 0 aliphatic carbocycles. The zero-order chi connectivity index (χ0) is 13.5. The van der Waals surface area contributed by atoms with Gasteiger partial charge in [0.05, 0.1) is 13.5 Å². The van der Waals surface area contributed by atoms with Crippen molar-refractivity contribution in [3.05, 3.63) is 35.1 Å². The summed E-state index contributed by atoms with van der Waals surface area (Å²) >= 11 is 0. The molecule has 5 heteroatoms. The number of carbonyl (C=O) groups is 1. The average Bonchev–Trinajstić information content (AvgIpc) is 2.38. The van der Waals surface area contributed by atoms with Crippen LogP contribution >= 0.6 is 0 Å². The number of hydrogen-bond donors (Lipinski definition) is 1. The number of hydrogen-bond acceptors (Lipinski definition) is 4. The fourth-order valence-electron chi connectivity index (χ4n) is 1.60. The van der Waals surface area contributed by atoms with Crippen molar-refractivity contribution in [2.24, 2.45) is 5.73 Å². The molecule has 0 aliphatic rings. The zero-order valence-corrected chi connectivity index (χ0v) is 10.8. The first-order chi connectivity index (χ1) is 8.56. The summed E-state index contributed by atoms with van der Waals surface area (Å²) in [5, 5.41) is 0. The third-order valence-electron chi connectivity index (χ3n) is 2.72. The highest BCUT2D eigenvalue weighted by molar-refractivity contribution is 5.69. The number of ether oxygens (including phenoxy) is 1. The van der Waals surface area contributed by atoms with Gasteiger partial charge in [0.2, 0.25) is 0 Å². The number of benzene rings is 1. The molecule has 0 saturated carbocycles. The highest BCUT2D eigenvalue weighted by Gasteiger charge is 2.08. The fourth-order valence-corrected chi connectivity index (χ4v) is 1.60. The van der Waals surface area contributed by atoms with Crippen molar-refractivity contribution in [3.8, 4) is 0 Å². The number of carbonyl (C=O) groups excluding carboxylic acids is 1. The second kappa shape index (κ2) is 7.08. The molecule has 0 unspecified atom stereocenters. The van der Waals surface area contributed by atoms with Crippen molar-refractivity contribution in [2.45, 2.75) is 19.5 Å². The van der Waals surface area contributed by atoms with E-state index in [0.717, 1.165) is 5.56 Å². The molecule has 2 N–H and O–H groups in total. The lowest BCUT2D eigenvalue weighted by Gasteiger charge is -2.16. The van der Waals surface area contributed by atoms with Gasteiger partial charge in [-0.3, -0.25) is 4.79 Å². The third kappa shape index (κ3) is 4.43. The molecular weight excluding hydrogens is 235 g/mol. The highest BCUT2D eigenvalue weighted by atomic mass is 19.1. The Morgan fingerprint density at radius 2 is 2.22 bits per heavy atom. The molecule has 1 rings (SSSR count). The highest BCUT2D eigenvalue weighted by Crippen LogP contribution is 2.12. The summed E-state index contributed by atoms with van der Waals surface area (Å²) in [5.41, 5.74) is 6.81. The van der Waals surface area contributed by atoms with E-state index < -0.39 is 0 Å². The number of methoxy groups -OCH3 is 1. The van der Waals surface area contributed by atoms with E-state index in [4.69, 9.17) is 5.73 Å². The van der Waals surface area contributed by atoms with Gasteiger partial charge in [-0.05, 0) is 18.7 Å². The van der Waals surface area contributed by atoms with E-state index in [0.29, 0.717) is 31.6 Å². The van der Waals surface area contributed by atoms with Crippen LogP contribution in [0.1, 0.15) is 17.5 Å². The van der Waals surface area contributed by atoms with E-state index in [-0.39, 0.29) is 11.8 Å². The molecule has 1 aromatic carbocycles. The molecule has 0 heterocycles. The summed E-state index contributed by atoms with van der Waals surface area (Å²) in [6.07, 6.45) is 0.301. The summed E-state index contributed by atoms with van der Waals surface area (Å²) in [5.74, 6) is -0.524. The zero-order valence-electron chi connectivity index (χ0n) is 10.8.